The first kappa shape index (κ1) is 29.0. The lowest BCUT2D eigenvalue weighted by Gasteiger charge is -2.24. The summed E-state index contributed by atoms with van der Waals surface area (Å²) in [5, 5.41) is 13.6. The standard InChI is InChI=1S/C18H24F2N2O.C7H14O.C2H2/c1-3-4-12(2)18(5-6-18)22-11-17(23)16(21)9-13-7-14(19)10-15(20)8-13;1-3-7(2)5-4-6-8-7;1-2/h3-4,7-8,10,16-17,22-23H,1,5-6,9,11,21H2,2H3;3-6H2,1-2H3;1-2H/b12-4+;;. The molecule has 0 bridgehead atoms. The molecule has 2 aliphatic rings. The van der Waals surface area contributed by atoms with Gasteiger partial charge in [0.15, 0.2) is 0 Å². The molecular formula is C27H40F2N2O2. The zero-order valence-electron chi connectivity index (χ0n) is 20.2. The van der Waals surface area contributed by atoms with E-state index in [0.29, 0.717) is 12.1 Å². The van der Waals surface area contributed by atoms with Crippen LogP contribution in [0.3, 0.4) is 0 Å². The van der Waals surface area contributed by atoms with Gasteiger partial charge in [-0.3, -0.25) is 0 Å². The van der Waals surface area contributed by atoms with Gasteiger partial charge in [-0.25, -0.2) is 8.78 Å². The summed E-state index contributed by atoms with van der Waals surface area (Å²) in [5.74, 6) is -1.27. The molecule has 2 fully saturated rings. The summed E-state index contributed by atoms with van der Waals surface area (Å²) in [7, 11) is 0. The lowest BCUT2D eigenvalue weighted by Crippen LogP contribution is -2.46. The third-order valence-electron chi connectivity index (χ3n) is 6.46. The number of allylic oxidation sites excluding steroid dienone is 2. The van der Waals surface area contributed by atoms with Crippen molar-refractivity contribution in [2.24, 2.45) is 5.73 Å². The molecule has 0 radical (unpaired) electrons. The second-order valence-electron chi connectivity index (χ2n) is 9.02. The van der Waals surface area contributed by atoms with Crippen molar-refractivity contribution >= 4 is 0 Å². The van der Waals surface area contributed by atoms with Crippen molar-refractivity contribution in [2.75, 3.05) is 13.2 Å². The van der Waals surface area contributed by atoms with E-state index < -0.39 is 23.8 Å². The molecule has 4 nitrogen and oxygen atoms in total. The van der Waals surface area contributed by atoms with Gasteiger partial charge >= 0.3 is 0 Å². The minimum Gasteiger partial charge on any atom is -0.390 e. The second-order valence-corrected chi connectivity index (χ2v) is 9.02. The molecule has 3 unspecified atom stereocenters. The van der Waals surface area contributed by atoms with Crippen LogP contribution in [0.15, 0.2) is 42.5 Å². The molecule has 1 aromatic rings. The van der Waals surface area contributed by atoms with Crippen LogP contribution in [0.2, 0.25) is 0 Å². The highest BCUT2D eigenvalue weighted by Crippen LogP contribution is 2.41. The molecule has 0 amide bonds. The molecule has 1 aliphatic carbocycles. The minimum absolute atomic E-state index is 0.0696. The van der Waals surface area contributed by atoms with Crippen LogP contribution in [0.1, 0.15) is 58.4 Å². The zero-order valence-corrected chi connectivity index (χ0v) is 20.2. The van der Waals surface area contributed by atoms with E-state index in [-0.39, 0.29) is 17.6 Å². The smallest absolute Gasteiger partial charge is 0.126 e. The molecule has 6 heteroatoms. The number of β-amino-alcohol motifs (C(OH)–C–C–N with tert-alkyl or cyclic N) is 1. The molecule has 1 aliphatic heterocycles. The molecule has 0 spiro atoms. The summed E-state index contributed by atoms with van der Waals surface area (Å²) in [5.41, 5.74) is 7.76. The molecule has 1 saturated carbocycles. The highest BCUT2D eigenvalue weighted by Gasteiger charge is 2.43. The van der Waals surface area contributed by atoms with Gasteiger partial charge in [-0.05, 0) is 70.1 Å². The van der Waals surface area contributed by atoms with Gasteiger partial charge in [-0.15, -0.1) is 12.8 Å². The van der Waals surface area contributed by atoms with Crippen molar-refractivity contribution in [3.05, 3.63) is 59.7 Å². The Morgan fingerprint density at radius 2 is 1.88 bits per heavy atom. The number of nitrogens with two attached hydrogens (primary N) is 1. The van der Waals surface area contributed by atoms with Crippen molar-refractivity contribution in [2.45, 2.75) is 82.6 Å². The highest BCUT2D eigenvalue weighted by atomic mass is 19.1. The van der Waals surface area contributed by atoms with Crippen LogP contribution in [-0.2, 0) is 11.2 Å². The maximum Gasteiger partial charge on any atom is 0.126 e. The number of ether oxygens (including phenoxy) is 1. The Morgan fingerprint density at radius 3 is 2.30 bits per heavy atom. The van der Waals surface area contributed by atoms with Gasteiger partial charge in [0.2, 0.25) is 0 Å². The van der Waals surface area contributed by atoms with E-state index in [0.717, 1.165) is 31.9 Å². The summed E-state index contributed by atoms with van der Waals surface area (Å²) in [4.78, 5) is 0. The number of benzene rings is 1. The van der Waals surface area contributed by atoms with Gasteiger partial charge in [0, 0.05) is 30.8 Å². The first-order valence-electron chi connectivity index (χ1n) is 11.5. The fourth-order valence-electron chi connectivity index (χ4n) is 3.88. The summed E-state index contributed by atoms with van der Waals surface area (Å²) in [6.45, 7) is 11.4. The maximum atomic E-state index is 13.2. The van der Waals surface area contributed by atoms with Crippen molar-refractivity contribution < 1.29 is 18.6 Å². The highest BCUT2D eigenvalue weighted by molar-refractivity contribution is 5.29. The normalized spacial score (nSPS) is 22.8. The van der Waals surface area contributed by atoms with Gasteiger partial charge in [0.25, 0.3) is 0 Å². The lowest BCUT2D eigenvalue weighted by molar-refractivity contribution is 0.0173. The Morgan fingerprint density at radius 1 is 1.27 bits per heavy atom. The summed E-state index contributed by atoms with van der Waals surface area (Å²) < 4.78 is 31.9. The lowest BCUT2D eigenvalue weighted by atomic mass is 10.0. The average molecular weight is 463 g/mol. The van der Waals surface area contributed by atoms with Crippen molar-refractivity contribution in [1.82, 2.24) is 5.32 Å². The van der Waals surface area contributed by atoms with Crippen molar-refractivity contribution in [3.8, 4) is 12.8 Å². The monoisotopic (exact) mass is 462 g/mol. The minimum atomic E-state index is -0.796. The fraction of sp³-hybridized carbons (Fsp3) is 0.556. The molecule has 33 heavy (non-hydrogen) atoms. The number of terminal acetylenes is 1. The van der Waals surface area contributed by atoms with E-state index in [1.165, 1.54) is 30.5 Å². The quantitative estimate of drug-likeness (QED) is 0.369. The number of nitrogens with one attached hydrogen (secondary N) is 1. The van der Waals surface area contributed by atoms with Crippen LogP contribution in [0, 0.1) is 24.5 Å². The predicted molar refractivity (Wildman–Crippen MR) is 132 cm³/mol. The Bertz CT molecular complexity index is 776. The van der Waals surface area contributed by atoms with Crippen molar-refractivity contribution in [3.63, 3.8) is 0 Å². The zero-order chi connectivity index (χ0) is 25.1. The largest absolute Gasteiger partial charge is 0.390 e. The van der Waals surface area contributed by atoms with Crippen LogP contribution in [0.5, 0.6) is 0 Å². The van der Waals surface area contributed by atoms with Gasteiger partial charge in [0.1, 0.15) is 11.6 Å². The number of rotatable bonds is 9. The topological polar surface area (TPSA) is 67.5 Å². The number of halogens is 2. The van der Waals surface area contributed by atoms with Crippen LogP contribution in [0.4, 0.5) is 8.78 Å². The number of hydrogen-bond acceptors (Lipinski definition) is 4. The molecule has 3 rings (SSSR count). The van der Waals surface area contributed by atoms with E-state index in [1.54, 1.807) is 6.08 Å². The van der Waals surface area contributed by atoms with E-state index in [4.69, 9.17) is 10.5 Å². The Hall–Kier alpha value is -2.04. The average Bonchev–Trinajstić information content (AvgIpc) is 3.46. The Balaban J connectivity index is 0.000000454. The van der Waals surface area contributed by atoms with E-state index in [9.17, 15) is 13.9 Å². The van der Waals surface area contributed by atoms with E-state index >= 15 is 0 Å². The van der Waals surface area contributed by atoms with Gasteiger partial charge in [0.05, 0.1) is 11.7 Å². The third-order valence-corrected chi connectivity index (χ3v) is 6.46. The first-order chi connectivity index (χ1) is 15.6. The Kier molecular flexibility index (Phi) is 12.0. The molecule has 1 aromatic carbocycles. The van der Waals surface area contributed by atoms with Crippen molar-refractivity contribution in [1.29, 1.82) is 0 Å². The number of aliphatic hydroxyl groups excluding tert-OH is 1. The van der Waals surface area contributed by atoms with Gasteiger partial charge in [-0.1, -0.05) is 31.2 Å². The fourth-order valence-corrected chi connectivity index (χ4v) is 3.88. The molecular weight excluding hydrogens is 422 g/mol. The molecule has 3 atom stereocenters. The van der Waals surface area contributed by atoms with Gasteiger partial charge in [-0.2, -0.15) is 0 Å². The number of hydrogen-bond donors (Lipinski definition) is 3. The van der Waals surface area contributed by atoms with Gasteiger partial charge < -0.3 is 20.9 Å². The second kappa shape index (κ2) is 13.6. The van der Waals surface area contributed by atoms with Crippen LogP contribution in [0.25, 0.3) is 0 Å². The molecule has 1 saturated heterocycles. The maximum absolute atomic E-state index is 13.2. The van der Waals surface area contributed by atoms with E-state index in [1.807, 2.05) is 13.0 Å². The van der Waals surface area contributed by atoms with Crippen LogP contribution >= 0.6 is 0 Å². The molecule has 184 valence electrons. The third kappa shape index (κ3) is 9.38. The summed E-state index contributed by atoms with van der Waals surface area (Å²) >= 11 is 0. The molecule has 0 aromatic heterocycles. The first-order valence-corrected chi connectivity index (χ1v) is 11.5. The predicted octanol–water partition coefficient (Wildman–Crippen LogP) is 4.66. The molecule has 4 N–H and O–H groups in total. The SMILES string of the molecule is C#C.C=C/C=C(\C)C1(NCC(O)C(N)Cc2cc(F)cc(F)c2)CC1.CCC1(C)CCCO1. The number of aliphatic hydroxyl groups is 1. The molecule has 1 heterocycles. The van der Waals surface area contributed by atoms with E-state index in [2.05, 4.69) is 38.6 Å². The summed E-state index contributed by atoms with van der Waals surface area (Å²) in [6, 6.07) is 2.70. The van der Waals surface area contributed by atoms with Crippen LogP contribution < -0.4 is 11.1 Å². The van der Waals surface area contributed by atoms with Crippen LogP contribution in [-0.4, -0.2) is 41.5 Å². The Labute approximate surface area is 198 Å². The summed E-state index contributed by atoms with van der Waals surface area (Å²) in [6.07, 6.45) is 16.8.